The number of phenols is 2. The first-order valence-corrected chi connectivity index (χ1v) is 6.03. The topological polar surface area (TPSA) is 79.9 Å². The maximum Gasteiger partial charge on any atom is 0.232 e. The van der Waals surface area contributed by atoms with Gasteiger partial charge in [-0.05, 0) is 37.6 Å². The lowest BCUT2D eigenvalue weighted by Gasteiger charge is -2.02. The molecule has 0 amide bonds. The molecule has 0 spiro atoms. The van der Waals surface area contributed by atoms with Gasteiger partial charge in [-0.1, -0.05) is 0 Å². The molecule has 0 radical (unpaired) electrons. The molecule has 2 N–H and O–H groups in total. The summed E-state index contributed by atoms with van der Waals surface area (Å²) in [5, 5.41) is 19.1. The molecule has 102 valence electrons. The first kappa shape index (κ1) is 12.3. The number of phenolic OH excluding ortho intramolecular Hbond substituents is 2. The zero-order valence-electron chi connectivity index (χ0n) is 10.9. The minimum Gasteiger partial charge on any atom is -0.504 e. The Morgan fingerprint density at radius 1 is 1.20 bits per heavy atom. The van der Waals surface area contributed by atoms with E-state index < -0.39 is 5.75 Å². The van der Waals surface area contributed by atoms with Crippen LogP contribution in [0.2, 0.25) is 0 Å². The van der Waals surface area contributed by atoms with Crippen LogP contribution in [0, 0.1) is 13.8 Å². The van der Waals surface area contributed by atoms with Crippen LogP contribution in [0.25, 0.3) is 6.08 Å². The molecule has 1 aromatic heterocycles. The van der Waals surface area contributed by atoms with Crippen LogP contribution in [0.15, 0.2) is 28.4 Å². The highest BCUT2D eigenvalue weighted by molar-refractivity contribution is 6.15. The van der Waals surface area contributed by atoms with Crippen molar-refractivity contribution in [2.24, 2.45) is 0 Å². The standard InChI is InChI=1S/C15H12O5/c1-7-5-9(19-8(7)2)6-12-13(17)10-3-4-11(16)14(18)15(10)20-12/h3-6,16,18H,1-2H3/b12-6-. The number of carbonyl (C=O) groups excluding carboxylic acids is 1. The van der Waals surface area contributed by atoms with Gasteiger partial charge in [0, 0.05) is 6.08 Å². The minimum atomic E-state index is -0.439. The second-order valence-corrected chi connectivity index (χ2v) is 4.64. The largest absolute Gasteiger partial charge is 0.504 e. The van der Waals surface area contributed by atoms with Crippen LogP contribution >= 0.6 is 0 Å². The fourth-order valence-corrected chi connectivity index (χ4v) is 2.03. The monoisotopic (exact) mass is 272 g/mol. The zero-order chi connectivity index (χ0) is 14.4. The number of rotatable bonds is 1. The minimum absolute atomic E-state index is 0.0266. The Morgan fingerprint density at radius 3 is 2.60 bits per heavy atom. The summed E-state index contributed by atoms with van der Waals surface area (Å²) < 4.78 is 10.8. The lowest BCUT2D eigenvalue weighted by atomic mass is 10.1. The van der Waals surface area contributed by atoms with E-state index in [0.29, 0.717) is 5.76 Å². The van der Waals surface area contributed by atoms with Gasteiger partial charge in [-0.3, -0.25) is 4.79 Å². The van der Waals surface area contributed by atoms with E-state index in [1.807, 2.05) is 13.8 Å². The second kappa shape index (κ2) is 4.16. The van der Waals surface area contributed by atoms with E-state index in [2.05, 4.69) is 0 Å². The summed E-state index contributed by atoms with van der Waals surface area (Å²) in [7, 11) is 0. The number of carbonyl (C=O) groups is 1. The van der Waals surface area contributed by atoms with E-state index in [9.17, 15) is 15.0 Å². The number of allylic oxidation sites excluding steroid dienone is 1. The first-order chi connectivity index (χ1) is 9.47. The summed E-state index contributed by atoms with van der Waals surface area (Å²) in [6, 6.07) is 4.45. The van der Waals surface area contributed by atoms with Gasteiger partial charge in [-0.2, -0.15) is 0 Å². The first-order valence-electron chi connectivity index (χ1n) is 6.03. The molecule has 5 nitrogen and oxygen atoms in total. The number of hydrogen-bond acceptors (Lipinski definition) is 5. The highest BCUT2D eigenvalue weighted by atomic mass is 16.5. The van der Waals surface area contributed by atoms with Crippen molar-refractivity contribution in [2.75, 3.05) is 0 Å². The summed E-state index contributed by atoms with van der Waals surface area (Å²) in [5.74, 6) is 0.159. The second-order valence-electron chi connectivity index (χ2n) is 4.64. The molecule has 1 aliphatic rings. The van der Waals surface area contributed by atoms with Crippen LogP contribution in [0.1, 0.15) is 27.4 Å². The summed E-state index contributed by atoms with van der Waals surface area (Å²) in [4.78, 5) is 12.1. The molecule has 0 fully saturated rings. The molecule has 0 saturated carbocycles. The lowest BCUT2D eigenvalue weighted by molar-refractivity contribution is 0.101. The molecule has 5 heteroatoms. The summed E-state index contributed by atoms with van der Waals surface area (Å²) >= 11 is 0. The number of ether oxygens (including phenoxy) is 1. The summed E-state index contributed by atoms with van der Waals surface area (Å²) in [6.45, 7) is 3.73. The fraction of sp³-hybridized carbons (Fsp3) is 0.133. The van der Waals surface area contributed by atoms with E-state index in [1.165, 1.54) is 18.2 Å². The van der Waals surface area contributed by atoms with E-state index in [1.54, 1.807) is 6.07 Å². The van der Waals surface area contributed by atoms with Crippen LogP contribution in [-0.4, -0.2) is 16.0 Å². The van der Waals surface area contributed by atoms with Crippen molar-refractivity contribution < 1.29 is 24.2 Å². The van der Waals surface area contributed by atoms with Crippen molar-refractivity contribution in [1.29, 1.82) is 0 Å². The molecule has 3 rings (SSSR count). The van der Waals surface area contributed by atoms with Crippen molar-refractivity contribution >= 4 is 11.9 Å². The average molecular weight is 272 g/mol. The number of ketones is 1. The molecule has 0 aliphatic carbocycles. The van der Waals surface area contributed by atoms with Crippen molar-refractivity contribution in [2.45, 2.75) is 13.8 Å². The van der Waals surface area contributed by atoms with Gasteiger partial charge in [0.2, 0.25) is 11.5 Å². The van der Waals surface area contributed by atoms with Crippen molar-refractivity contribution in [3.63, 3.8) is 0 Å². The van der Waals surface area contributed by atoms with Crippen LogP contribution in [-0.2, 0) is 0 Å². The average Bonchev–Trinajstić information content (AvgIpc) is 2.88. The number of aryl methyl sites for hydroxylation is 2. The zero-order valence-corrected chi connectivity index (χ0v) is 10.9. The number of benzene rings is 1. The number of aromatic hydroxyl groups is 2. The smallest absolute Gasteiger partial charge is 0.232 e. The maximum atomic E-state index is 12.1. The Kier molecular flexibility index (Phi) is 2.57. The molecule has 0 unspecified atom stereocenters. The fourth-order valence-electron chi connectivity index (χ4n) is 2.03. The van der Waals surface area contributed by atoms with Gasteiger partial charge in [0.15, 0.2) is 17.3 Å². The van der Waals surface area contributed by atoms with Gasteiger partial charge in [-0.25, -0.2) is 0 Å². The Labute approximate surface area is 114 Å². The third-order valence-corrected chi connectivity index (χ3v) is 3.25. The molecule has 2 aromatic rings. The quantitative estimate of drug-likeness (QED) is 0.616. The molecule has 0 atom stereocenters. The molecule has 1 aliphatic heterocycles. The van der Waals surface area contributed by atoms with Gasteiger partial charge in [-0.15, -0.1) is 0 Å². The van der Waals surface area contributed by atoms with Gasteiger partial charge >= 0.3 is 0 Å². The van der Waals surface area contributed by atoms with Crippen LogP contribution < -0.4 is 4.74 Å². The van der Waals surface area contributed by atoms with Crippen LogP contribution in [0.3, 0.4) is 0 Å². The van der Waals surface area contributed by atoms with E-state index >= 15 is 0 Å². The predicted molar refractivity (Wildman–Crippen MR) is 70.9 cm³/mol. The maximum absolute atomic E-state index is 12.1. The van der Waals surface area contributed by atoms with Gasteiger partial charge in [0.25, 0.3) is 0 Å². The lowest BCUT2D eigenvalue weighted by Crippen LogP contribution is -1.97. The van der Waals surface area contributed by atoms with E-state index in [0.717, 1.165) is 11.3 Å². The molecular formula is C15H12O5. The SMILES string of the molecule is Cc1cc(/C=C2\Oc3c(ccc(O)c3O)C2=O)oc1C. The molecule has 0 bridgehead atoms. The van der Waals surface area contributed by atoms with Crippen molar-refractivity contribution in [1.82, 2.24) is 0 Å². The van der Waals surface area contributed by atoms with Crippen molar-refractivity contribution in [3.8, 4) is 17.2 Å². The van der Waals surface area contributed by atoms with Gasteiger partial charge < -0.3 is 19.4 Å². The summed E-state index contributed by atoms with van der Waals surface area (Å²) in [6.07, 6.45) is 1.47. The Balaban J connectivity index is 2.03. The predicted octanol–water partition coefficient (Wildman–Crippen LogP) is 2.92. The Morgan fingerprint density at radius 2 is 1.95 bits per heavy atom. The third-order valence-electron chi connectivity index (χ3n) is 3.25. The molecular weight excluding hydrogens is 260 g/mol. The summed E-state index contributed by atoms with van der Waals surface area (Å²) in [5.41, 5.74) is 1.19. The third kappa shape index (κ3) is 1.75. The molecule has 0 saturated heterocycles. The van der Waals surface area contributed by atoms with Crippen LogP contribution in [0.5, 0.6) is 17.2 Å². The van der Waals surface area contributed by atoms with E-state index in [-0.39, 0.29) is 28.6 Å². The highest BCUT2D eigenvalue weighted by Crippen LogP contribution is 2.44. The number of fused-ring (bicyclic) bond motifs is 1. The Hall–Kier alpha value is -2.69. The van der Waals surface area contributed by atoms with E-state index in [4.69, 9.17) is 9.15 Å². The van der Waals surface area contributed by atoms with Crippen LogP contribution in [0.4, 0.5) is 0 Å². The van der Waals surface area contributed by atoms with Gasteiger partial charge in [0.05, 0.1) is 5.56 Å². The molecule has 2 heterocycles. The van der Waals surface area contributed by atoms with Gasteiger partial charge in [0.1, 0.15) is 11.5 Å². The van der Waals surface area contributed by atoms with Crippen molar-refractivity contribution in [3.05, 3.63) is 46.6 Å². The highest BCUT2D eigenvalue weighted by Gasteiger charge is 2.31. The number of furan rings is 1. The number of Topliss-reactive ketones (excluding diaryl/α,β-unsaturated/α-hetero) is 1. The number of hydrogen-bond donors (Lipinski definition) is 2. The molecule has 1 aromatic carbocycles. The normalized spacial score (nSPS) is 15.5. The molecule has 20 heavy (non-hydrogen) atoms. The Bertz CT molecular complexity index is 732.